The first-order valence-electron chi connectivity index (χ1n) is 6.13. The van der Waals surface area contributed by atoms with Crippen LogP contribution >= 0.6 is 0 Å². The van der Waals surface area contributed by atoms with Crippen LogP contribution in [0.3, 0.4) is 0 Å². The Morgan fingerprint density at radius 3 is 2.53 bits per heavy atom. The lowest BCUT2D eigenvalue weighted by atomic mass is 9.76. The van der Waals surface area contributed by atoms with Gasteiger partial charge in [0.1, 0.15) is 0 Å². The number of nitrogens with zero attached hydrogens (tertiary/aromatic N) is 1. The predicted octanol–water partition coefficient (Wildman–Crippen LogP) is 3.67. The van der Waals surface area contributed by atoms with E-state index < -0.39 is 0 Å². The topological polar surface area (TPSA) is 33.0 Å². The van der Waals surface area contributed by atoms with Crippen molar-refractivity contribution in [3.8, 4) is 6.07 Å². The molecule has 0 atom stereocenters. The van der Waals surface area contributed by atoms with Gasteiger partial charge in [0.25, 0.3) is 0 Å². The second-order valence-corrected chi connectivity index (χ2v) is 5.35. The molecule has 0 spiro atoms. The Hall–Kier alpha value is -0.550. The van der Waals surface area contributed by atoms with E-state index in [1.165, 1.54) is 25.7 Å². The zero-order chi connectivity index (χ0) is 11.1. The molecule has 0 radical (unpaired) electrons. The molecule has 0 aromatic heterocycles. The highest BCUT2D eigenvalue weighted by Crippen LogP contribution is 2.36. The maximum absolute atomic E-state index is 8.38. The van der Waals surface area contributed by atoms with E-state index in [0.717, 1.165) is 19.4 Å². The second kappa shape index (κ2) is 6.12. The van der Waals surface area contributed by atoms with E-state index in [1.807, 2.05) is 0 Å². The van der Waals surface area contributed by atoms with Gasteiger partial charge in [-0.25, -0.2) is 0 Å². The number of nitriles is 1. The molecule has 1 rings (SSSR count). The van der Waals surface area contributed by atoms with Gasteiger partial charge in [0.05, 0.1) is 12.2 Å². The maximum Gasteiger partial charge on any atom is 0.0621 e. The first-order valence-corrected chi connectivity index (χ1v) is 6.13. The van der Waals surface area contributed by atoms with Gasteiger partial charge in [-0.15, -0.1) is 0 Å². The molecular formula is C13H23NO. The molecule has 86 valence electrons. The van der Waals surface area contributed by atoms with Crippen LogP contribution in [0.5, 0.6) is 0 Å². The van der Waals surface area contributed by atoms with Crippen LogP contribution in [-0.2, 0) is 4.74 Å². The van der Waals surface area contributed by atoms with Gasteiger partial charge in [-0.3, -0.25) is 0 Å². The van der Waals surface area contributed by atoms with Crippen molar-refractivity contribution in [1.29, 1.82) is 5.26 Å². The normalized spacial score (nSPS) is 21.1. The molecule has 0 saturated heterocycles. The molecule has 15 heavy (non-hydrogen) atoms. The number of unbranched alkanes of at least 4 members (excludes halogenated alkanes) is 2. The lowest BCUT2D eigenvalue weighted by molar-refractivity contribution is 0.00299. The zero-order valence-corrected chi connectivity index (χ0v) is 10.1. The molecule has 1 aliphatic rings. The fourth-order valence-corrected chi connectivity index (χ4v) is 2.10. The van der Waals surface area contributed by atoms with Crippen LogP contribution in [-0.4, -0.2) is 12.7 Å². The van der Waals surface area contributed by atoms with Crippen LogP contribution in [0.15, 0.2) is 0 Å². The van der Waals surface area contributed by atoms with Gasteiger partial charge < -0.3 is 4.74 Å². The highest BCUT2D eigenvalue weighted by Gasteiger charge is 2.26. The lowest BCUT2D eigenvalue weighted by Gasteiger charge is -2.34. The molecule has 1 saturated carbocycles. The summed E-state index contributed by atoms with van der Waals surface area (Å²) in [5, 5.41) is 8.38. The van der Waals surface area contributed by atoms with E-state index in [2.05, 4.69) is 19.9 Å². The van der Waals surface area contributed by atoms with E-state index >= 15 is 0 Å². The summed E-state index contributed by atoms with van der Waals surface area (Å²) in [6.07, 6.45) is 8.17. The lowest BCUT2D eigenvalue weighted by Crippen LogP contribution is -2.26. The molecular weight excluding hydrogens is 186 g/mol. The zero-order valence-electron chi connectivity index (χ0n) is 10.1. The summed E-state index contributed by atoms with van der Waals surface area (Å²) in [7, 11) is 0. The first-order chi connectivity index (χ1) is 7.14. The van der Waals surface area contributed by atoms with Crippen molar-refractivity contribution in [3.63, 3.8) is 0 Å². The summed E-state index contributed by atoms with van der Waals surface area (Å²) in [6, 6.07) is 2.16. The Morgan fingerprint density at radius 2 is 1.93 bits per heavy atom. The van der Waals surface area contributed by atoms with E-state index in [0.29, 0.717) is 17.9 Å². The minimum atomic E-state index is 0.486. The second-order valence-electron chi connectivity index (χ2n) is 5.35. The Bertz CT molecular complexity index is 207. The Kier molecular flexibility index (Phi) is 5.11. The first kappa shape index (κ1) is 12.5. The van der Waals surface area contributed by atoms with Gasteiger partial charge in [0.2, 0.25) is 0 Å². The Morgan fingerprint density at radius 1 is 1.27 bits per heavy atom. The molecule has 0 aliphatic heterocycles. The Labute approximate surface area is 93.6 Å². The quantitative estimate of drug-likeness (QED) is 0.647. The smallest absolute Gasteiger partial charge is 0.0621 e. The molecule has 2 nitrogen and oxygen atoms in total. The highest BCUT2D eigenvalue weighted by atomic mass is 16.5. The Balaban J connectivity index is 2.02. The minimum Gasteiger partial charge on any atom is -0.378 e. The summed E-state index contributed by atoms with van der Waals surface area (Å²) in [4.78, 5) is 0. The molecule has 0 unspecified atom stereocenters. The third-order valence-corrected chi connectivity index (χ3v) is 3.32. The van der Waals surface area contributed by atoms with E-state index in [9.17, 15) is 0 Å². The van der Waals surface area contributed by atoms with Gasteiger partial charge in [0, 0.05) is 13.0 Å². The van der Waals surface area contributed by atoms with E-state index in [4.69, 9.17) is 10.00 Å². The third-order valence-electron chi connectivity index (χ3n) is 3.32. The van der Waals surface area contributed by atoms with Crippen molar-refractivity contribution < 1.29 is 4.74 Å². The molecule has 1 fully saturated rings. The van der Waals surface area contributed by atoms with Gasteiger partial charge in [-0.05, 0) is 43.9 Å². The van der Waals surface area contributed by atoms with Crippen LogP contribution in [0, 0.1) is 16.7 Å². The van der Waals surface area contributed by atoms with Crippen molar-refractivity contribution in [2.45, 2.75) is 64.9 Å². The number of rotatable bonds is 5. The van der Waals surface area contributed by atoms with E-state index in [-0.39, 0.29) is 0 Å². The summed E-state index contributed by atoms with van der Waals surface area (Å²) >= 11 is 0. The van der Waals surface area contributed by atoms with Crippen LogP contribution in [0.2, 0.25) is 0 Å². The van der Waals surface area contributed by atoms with Crippen LogP contribution < -0.4 is 0 Å². The average molecular weight is 209 g/mol. The maximum atomic E-state index is 8.38. The van der Waals surface area contributed by atoms with Crippen molar-refractivity contribution in [1.82, 2.24) is 0 Å². The third kappa shape index (κ3) is 5.18. The summed E-state index contributed by atoms with van der Waals surface area (Å²) < 4.78 is 5.81. The number of hydrogen-bond donors (Lipinski definition) is 0. The molecule has 1 aliphatic carbocycles. The van der Waals surface area contributed by atoms with Gasteiger partial charge in [-0.2, -0.15) is 5.26 Å². The summed E-state index contributed by atoms with van der Waals surface area (Å²) in [6.45, 7) is 5.53. The molecule has 0 heterocycles. The van der Waals surface area contributed by atoms with Crippen molar-refractivity contribution >= 4 is 0 Å². The van der Waals surface area contributed by atoms with Gasteiger partial charge in [-0.1, -0.05) is 13.8 Å². The van der Waals surface area contributed by atoms with Crippen molar-refractivity contribution in [2.75, 3.05) is 6.61 Å². The largest absolute Gasteiger partial charge is 0.378 e. The fourth-order valence-electron chi connectivity index (χ4n) is 2.10. The highest BCUT2D eigenvalue weighted by molar-refractivity contribution is 4.78. The molecule has 2 heteroatoms. The minimum absolute atomic E-state index is 0.486. The monoisotopic (exact) mass is 209 g/mol. The molecule has 0 amide bonds. The van der Waals surface area contributed by atoms with Crippen LogP contribution in [0.1, 0.15) is 58.8 Å². The van der Waals surface area contributed by atoms with Crippen LogP contribution in [0.4, 0.5) is 0 Å². The molecule has 0 aromatic rings. The summed E-state index contributed by atoms with van der Waals surface area (Å²) in [5.41, 5.74) is 0.528. The SMILES string of the molecule is CC1(C)CCC(OCCCCC#N)CC1. The van der Waals surface area contributed by atoms with Crippen molar-refractivity contribution in [2.24, 2.45) is 5.41 Å². The van der Waals surface area contributed by atoms with Gasteiger partial charge >= 0.3 is 0 Å². The van der Waals surface area contributed by atoms with Gasteiger partial charge in [0.15, 0.2) is 0 Å². The standard InChI is InChI=1S/C13H23NO/c1-13(2)8-6-12(7-9-13)15-11-5-3-4-10-14/h12H,3-9,11H2,1-2H3. The average Bonchev–Trinajstić information content (AvgIpc) is 2.20. The molecule has 0 aromatic carbocycles. The van der Waals surface area contributed by atoms with Crippen LogP contribution in [0.25, 0.3) is 0 Å². The number of ether oxygens (including phenoxy) is 1. The fraction of sp³-hybridized carbons (Fsp3) is 0.923. The number of hydrogen-bond acceptors (Lipinski definition) is 2. The molecule has 0 N–H and O–H groups in total. The van der Waals surface area contributed by atoms with E-state index in [1.54, 1.807) is 0 Å². The predicted molar refractivity (Wildman–Crippen MR) is 61.5 cm³/mol. The van der Waals surface area contributed by atoms with Crippen molar-refractivity contribution in [3.05, 3.63) is 0 Å². The molecule has 0 bridgehead atoms. The summed E-state index contributed by atoms with van der Waals surface area (Å²) in [5.74, 6) is 0.